The number of amides is 1. The molecule has 2 N–H and O–H groups in total. The van der Waals surface area contributed by atoms with E-state index in [2.05, 4.69) is 5.32 Å². The van der Waals surface area contributed by atoms with E-state index in [0.29, 0.717) is 17.1 Å². The molecule has 0 saturated heterocycles. The standard InChI is InChI=1S/C15H20FNO3S/c1-10(2)9-12(15(19)20)17-14(18)7-8-21-13-6-4-3-5-11(13)16/h3-6,10,12H,7-9H2,1-2H3,(H,17,18)(H,19,20). The minimum absolute atomic E-state index is 0.154. The Morgan fingerprint density at radius 3 is 2.57 bits per heavy atom. The molecular formula is C15H20FNO3S. The third kappa shape index (κ3) is 6.62. The van der Waals surface area contributed by atoms with Crippen LogP contribution >= 0.6 is 11.8 Å². The van der Waals surface area contributed by atoms with Crippen molar-refractivity contribution in [1.82, 2.24) is 5.32 Å². The molecule has 0 radical (unpaired) electrons. The van der Waals surface area contributed by atoms with Crippen LogP contribution in [-0.2, 0) is 9.59 Å². The molecule has 4 nitrogen and oxygen atoms in total. The topological polar surface area (TPSA) is 66.4 Å². The molecule has 0 aliphatic heterocycles. The Balaban J connectivity index is 2.39. The van der Waals surface area contributed by atoms with Gasteiger partial charge in [0, 0.05) is 17.1 Å². The van der Waals surface area contributed by atoms with Crippen molar-refractivity contribution in [2.24, 2.45) is 5.92 Å². The van der Waals surface area contributed by atoms with E-state index in [1.165, 1.54) is 17.8 Å². The van der Waals surface area contributed by atoms with Crippen molar-refractivity contribution in [3.63, 3.8) is 0 Å². The van der Waals surface area contributed by atoms with Gasteiger partial charge >= 0.3 is 5.97 Å². The molecule has 0 fully saturated rings. The fourth-order valence-electron chi connectivity index (χ4n) is 1.77. The number of carbonyl (C=O) groups excluding carboxylic acids is 1. The predicted molar refractivity (Wildman–Crippen MR) is 80.8 cm³/mol. The van der Waals surface area contributed by atoms with Gasteiger partial charge in [0.05, 0.1) is 0 Å². The van der Waals surface area contributed by atoms with Crippen LogP contribution in [0.3, 0.4) is 0 Å². The number of nitrogens with one attached hydrogen (secondary N) is 1. The molecule has 1 rings (SSSR count). The summed E-state index contributed by atoms with van der Waals surface area (Å²) in [6, 6.07) is 5.49. The summed E-state index contributed by atoms with van der Waals surface area (Å²) in [5, 5.41) is 11.5. The zero-order valence-corrected chi connectivity index (χ0v) is 13.0. The highest BCUT2D eigenvalue weighted by molar-refractivity contribution is 7.99. The molecule has 1 amide bonds. The van der Waals surface area contributed by atoms with Crippen LogP contribution in [0.1, 0.15) is 26.7 Å². The van der Waals surface area contributed by atoms with E-state index in [0.717, 1.165) is 0 Å². The van der Waals surface area contributed by atoms with Gasteiger partial charge in [-0.1, -0.05) is 26.0 Å². The molecule has 0 aliphatic rings. The van der Waals surface area contributed by atoms with Gasteiger partial charge in [-0.25, -0.2) is 9.18 Å². The van der Waals surface area contributed by atoms with E-state index in [-0.39, 0.29) is 24.1 Å². The van der Waals surface area contributed by atoms with E-state index < -0.39 is 12.0 Å². The normalized spacial score (nSPS) is 12.2. The van der Waals surface area contributed by atoms with Gasteiger partial charge in [0.25, 0.3) is 0 Å². The van der Waals surface area contributed by atoms with Crippen LogP contribution in [-0.4, -0.2) is 28.8 Å². The molecule has 1 aromatic carbocycles. The zero-order chi connectivity index (χ0) is 15.8. The first-order valence-electron chi connectivity index (χ1n) is 6.79. The Bertz CT molecular complexity index is 494. The third-order valence-electron chi connectivity index (χ3n) is 2.76. The Hall–Kier alpha value is -1.56. The maximum Gasteiger partial charge on any atom is 0.326 e. The summed E-state index contributed by atoms with van der Waals surface area (Å²) in [6.45, 7) is 3.80. The SMILES string of the molecule is CC(C)CC(NC(=O)CCSc1ccccc1F)C(=O)O. The van der Waals surface area contributed by atoms with Gasteiger partial charge in [0.15, 0.2) is 0 Å². The average molecular weight is 313 g/mol. The summed E-state index contributed by atoms with van der Waals surface area (Å²) in [5.41, 5.74) is 0. The quantitative estimate of drug-likeness (QED) is 0.724. The molecule has 1 unspecified atom stereocenters. The molecule has 0 heterocycles. The van der Waals surface area contributed by atoms with Crippen LogP contribution in [0.5, 0.6) is 0 Å². The van der Waals surface area contributed by atoms with Crippen molar-refractivity contribution in [3.8, 4) is 0 Å². The molecule has 0 bridgehead atoms. The highest BCUT2D eigenvalue weighted by atomic mass is 32.2. The smallest absolute Gasteiger partial charge is 0.326 e. The Labute approximate surface area is 128 Å². The summed E-state index contributed by atoms with van der Waals surface area (Å²) < 4.78 is 13.4. The van der Waals surface area contributed by atoms with Crippen LogP contribution in [0, 0.1) is 11.7 Å². The number of halogens is 1. The number of carboxylic acid groups (broad SMARTS) is 1. The molecule has 21 heavy (non-hydrogen) atoms. The van der Waals surface area contributed by atoms with E-state index >= 15 is 0 Å². The monoisotopic (exact) mass is 313 g/mol. The lowest BCUT2D eigenvalue weighted by molar-refractivity contribution is -0.142. The van der Waals surface area contributed by atoms with Crippen molar-refractivity contribution in [2.45, 2.75) is 37.6 Å². The van der Waals surface area contributed by atoms with Crippen molar-refractivity contribution >= 4 is 23.6 Å². The lowest BCUT2D eigenvalue weighted by atomic mass is 10.0. The third-order valence-corrected chi connectivity index (χ3v) is 3.81. The van der Waals surface area contributed by atoms with Gasteiger partial charge in [-0.3, -0.25) is 4.79 Å². The van der Waals surface area contributed by atoms with Crippen molar-refractivity contribution in [3.05, 3.63) is 30.1 Å². The van der Waals surface area contributed by atoms with Crippen LogP contribution < -0.4 is 5.32 Å². The maximum atomic E-state index is 13.4. The number of carbonyl (C=O) groups is 2. The molecule has 116 valence electrons. The largest absolute Gasteiger partial charge is 0.480 e. The van der Waals surface area contributed by atoms with E-state index in [9.17, 15) is 14.0 Å². The minimum atomic E-state index is -1.03. The molecule has 0 aromatic heterocycles. The van der Waals surface area contributed by atoms with Gasteiger partial charge in [-0.2, -0.15) is 0 Å². The molecule has 0 spiro atoms. The number of carboxylic acids is 1. The first-order valence-corrected chi connectivity index (χ1v) is 7.78. The Kier molecular flexibility index (Phi) is 7.22. The number of hydrogen-bond donors (Lipinski definition) is 2. The molecule has 1 atom stereocenters. The number of rotatable bonds is 8. The van der Waals surface area contributed by atoms with E-state index in [1.807, 2.05) is 13.8 Å². The van der Waals surface area contributed by atoms with E-state index in [1.54, 1.807) is 18.2 Å². The van der Waals surface area contributed by atoms with Gasteiger partial charge in [-0.15, -0.1) is 11.8 Å². The Morgan fingerprint density at radius 2 is 2.00 bits per heavy atom. The number of thioether (sulfide) groups is 1. The second-order valence-electron chi connectivity index (χ2n) is 5.12. The lowest BCUT2D eigenvalue weighted by Gasteiger charge is -2.16. The van der Waals surface area contributed by atoms with Gasteiger partial charge in [0.2, 0.25) is 5.91 Å². The number of hydrogen-bond acceptors (Lipinski definition) is 3. The molecule has 6 heteroatoms. The summed E-state index contributed by atoms with van der Waals surface area (Å²) in [7, 11) is 0. The first-order chi connectivity index (χ1) is 9.90. The van der Waals surface area contributed by atoms with E-state index in [4.69, 9.17) is 5.11 Å². The molecule has 0 saturated carbocycles. The molecular weight excluding hydrogens is 293 g/mol. The van der Waals surface area contributed by atoms with Gasteiger partial charge in [0.1, 0.15) is 11.9 Å². The van der Waals surface area contributed by atoms with Gasteiger partial charge < -0.3 is 10.4 Å². The fraction of sp³-hybridized carbons (Fsp3) is 0.467. The van der Waals surface area contributed by atoms with Crippen LogP contribution in [0.25, 0.3) is 0 Å². The molecule has 0 aliphatic carbocycles. The predicted octanol–water partition coefficient (Wildman–Crippen LogP) is 2.92. The van der Waals surface area contributed by atoms with Crippen LogP contribution in [0.15, 0.2) is 29.2 Å². The summed E-state index contributed by atoms with van der Waals surface area (Å²) in [4.78, 5) is 23.3. The van der Waals surface area contributed by atoms with Crippen molar-refractivity contribution < 1.29 is 19.1 Å². The highest BCUT2D eigenvalue weighted by Crippen LogP contribution is 2.21. The number of aliphatic carboxylic acids is 1. The summed E-state index contributed by atoms with van der Waals surface area (Å²) in [5.74, 6) is -1.09. The maximum absolute atomic E-state index is 13.4. The van der Waals surface area contributed by atoms with Crippen LogP contribution in [0.2, 0.25) is 0 Å². The minimum Gasteiger partial charge on any atom is -0.480 e. The first kappa shape index (κ1) is 17.5. The second kappa shape index (κ2) is 8.67. The number of benzene rings is 1. The fourth-order valence-corrected chi connectivity index (χ4v) is 2.66. The zero-order valence-electron chi connectivity index (χ0n) is 12.1. The summed E-state index contributed by atoms with van der Waals surface area (Å²) >= 11 is 1.24. The van der Waals surface area contributed by atoms with Crippen molar-refractivity contribution in [2.75, 3.05) is 5.75 Å². The average Bonchev–Trinajstić information content (AvgIpc) is 2.39. The Morgan fingerprint density at radius 1 is 1.33 bits per heavy atom. The molecule has 1 aromatic rings. The van der Waals surface area contributed by atoms with Crippen molar-refractivity contribution in [1.29, 1.82) is 0 Å². The second-order valence-corrected chi connectivity index (χ2v) is 6.25. The lowest BCUT2D eigenvalue weighted by Crippen LogP contribution is -2.41. The summed E-state index contributed by atoms with van der Waals surface area (Å²) in [6.07, 6.45) is 0.544. The van der Waals surface area contributed by atoms with Crippen LogP contribution in [0.4, 0.5) is 4.39 Å². The highest BCUT2D eigenvalue weighted by Gasteiger charge is 2.20. The van der Waals surface area contributed by atoms with Gasteiger partial charge in [-0.05, 0) is 24.5 Å².